The minimum atomic E-state index is -0.377. The molecule has 2 aliphatic rings. The predicted molar refractivity (Wildman–Crippen MR) is 102 cm³/mol. The zero-order chi connectivity index (χ0) is 15.4. The van der Waals surface area contributed by atoms with Crippen LogP contribution < -0.4 is 15.5 Å². The molecule has 0 bridgehead atoms. The molecule has 5 nitrogen and oxygen atoms in total. The first kappa shape index (κ1) is 21.0. The lowest BCUT2D eigenvalue weighted by atomic mass is 10.1. The third kappa shape index (κ3) is 5.24. The third-order valence-corrected chi connectivity index (χ3v) is 4.42. The molecule has 1 aromatic carbocycles. The van der Waals surface area contributed by atoms with E-state index in [9.17, 15) is 4.79 Å². The number of benzene rings is 1. The summed E-state index contributed by atoms with van der Waals surface area (Å²) in [6.07, 6.45) is 2.16. The van der Waals surface area contributed by atoms with E-state index in [-0.39, 0.29) is 42.9 Å². The number of hydrogen-bond acceptors (Lipinski definition) is 4. The molecule has 2 unspecified atom stereocenters. The topological polar surface area (TPSA) is 53.6 Å². The number of rotatable bonds is 4. The average molecular weight is 376 g/mol. The van der Waals surface area contributed by atoms with Gasteiger partial charge < -0.3 is 20.3 Å². The van der Waals surface area contributed by atoms with Crippen LogP contribution in [0.1, 0.15) is 31.4 Å². The number of halogens is 2. The molecule has 2 saturated heterocycles. The molecule has 2 atom stereocenters. The number of anilines is 1. The predicted octanol–water partition coefficient (Wildman–Crippen LogP) is 2.30. The second-order valence-electron chi connectivity index (χ2n) is 6.08. The van der Waals surface area contributed by atoms with Gasteiger partial charge in [0.05, 0.1) is 12.6 Å². The van der Waals surface area contributed by atoms with Crippen molar-refractivity contribution >= 4 is 36.4 Å². The van der Waals surface area contributed by atoms with Crippen molar-refractivity contribution in [1.82, 2.24) is 10.6 Å². The number of carbonyl (C=O) groups is 1. The maximum atomic E-state index is 12.2. The van der Waals surface area contributed by atoms with Gasteiger partial charge in [-0.1, -0.05) is 12.1 Å². The van der Waals surface area contributed by atoms with Gasteiger partial charge in [-0.25, -0.2) is 0 Å². The molecule has 0 aliphatic carbocycles. The Labute approximate surface area is 156 Å². The van der Waals surface area contributed by atoms with Crippen molar-refractivity contribution in [2.45, 2.75) is 31.9 Å². The minimum Gasteiger partial charge on any atom is -0.372 e. The molecule has 0 spiro atoms. The zero-order valence-corrected chi connectivity index (χ0v) is 15.6. The summed E-state index contributed by atoms with van der Waals surface area (Å²) in [5, 5.41) is 6.24. The summed E-state index contributed by atoms with van der Waals surface area (Å²) < 4.78 is 5.50. The highest BCUT2D eigenvalue weighted by molar-refractivity contribution is 5.85. The Morgan fingerprint density at radius 1 is 1.33 bits per heavy atom. The molecule has 2 aliphatic heterocycles. The number of ether oxygens (including phenoxy) is 1. The molecule has 1 aromatic rings. The van der Waals surface area contributed by atoms with E-state index >= 15 is 0 Å². The fraction of sp³-hybridized carbons (Fsp3) is 0.588. The molecular formula is C17H27Cl2N3O2. The number of nitrogens with zero attached hydrogens (tertiary/aromatic N) is 1. The van der Waals surface area contributed by atoms with Gasteiger partial charge in [-0.2, -0.15) is 0 Å². The lowest BCUT2D eigenvalue weighted by molar-refractivity contribution is -0.134. The molecule has 2 N–H and O–H groups in total. The van der Waals surface area contributed by atoms with Crippen LogP contribution in [-0.2, 0) is 9.53 Å². The largest absolute Gasteiger partial charge is 0.372 e. The fourth-order valence-corrected chi connectivity index (χ4v) is 3.09. The van der Waals surface area contributed by atoms with Crippen LogP contribution >= 0.6 is 24.8 Å². The quantitative estimate of drug-likeness (QED) is 0.847. The van der Waals surface area contributed by atoms with Crippen LogP contribution in [0.25, 0.3) is 0 Å². The van der Waals surface area contributed by atoms with Crippen molar-refractivity contribution in [3.05, 3.63) is 29.8 Å². The van der Waals surface area contributed by atoms with Gasteiger partial charge in [-0.05, 0) is 37.5 Å². The third-order valence-electron chi connectivity index (χ3n) is 4.42. The molecule has 7 heteroatoms. The molecule has 0 saturated carbocycles. The Hall–Kier alpha value is -1.01. The Kier molecular flexibility index (Phi) is 8.84. The highest BCUT2D eigenvalue weighted by atomic mass is 35.5. The Morgan fingerprint density at radius 2 is 2.08 bits per heavy atom. The highest BCUT2D eigenvalue weighted by Crippen LogP contribution is 2.24. The van der Waals surface area contributed by atoms with Crippen LogP contribution in [0.4, 0.5) is 5.69 Å². The fourth-order valence-electron chi connectivity index (χ4n) is 3.09. The molecule has 136 valence electrons. The Balaban J connectivity index is 0.00000144. The van der Waals surface area contributed by atoms with Crippen LogP contribution in [0.3, 0.4) is 0 Å². The van der Waals surface area contributed by atoms with E-state index in [1.54, 1.807) is 0 Å². The van der Waals surface area contributed by atoms with E-state index in [2.05, 4.69) is 39.8 Å². The summed E-state index contributed by atoms with van der Waals surface area (Å²) >= 11 is 0. The van der Waals surface area contributed by atoms with Crippen LogP contribution in [0.15, 0.2) is 24.3 Å². The Bertz CT molecular complexity index is 518. The molecule has 0 radical (unpaired) electrons. The Morgan fingerprint density at radius 3 is 2.75 bits per heavy atom. The van der Waals surface area contributed by atoms with Gasteiger partial charge in [-0.3, -0.25) is 4.79 Å². The summed E-state index contributed by atoms with van der Waals surface area (Å²) in [5.41, 5.74) is 2.40. The number of morpholine rings is 1. The van der Waals surface area contributed by atoms with Crippen LogP contribution in [0.2, 0.25) is 0 Å². The van der Waals surface area contributed by atoms with Crippen LogP contribution in [-0.4, -0.2) is 44.8 Å². The van der Waals surface area contributed by atoms with Gasteiger partial charge in [0.25, 0.3) is 5.91 Å². The number of carbonyl (C=O) groups excluding carboxylic acids is 1. The molecule has 1 amide bonds. The lowest BCUT2D eigenvalue weighted by Crippen LogP contribution is -2.48. The first-order chi connectivity index (χ1) is 10.7. The van der Waals surface area contributed by atoms with E-state index in [4.69, 9.17) is 4.74 Å². The van der Waals surface area contributed by atoms with E-state index < -0.39 is 0 Å². The lowest BCUT2D eigenvalue weighted by Gasteiger charge is -2.25. The van der Waals surface area contributed by atoms with E-state index in [1.165, 1.54) is 18.5 Å². The second kappa shape index (κ2) is 10.1. The summed E-state index contributed by atoms with van der Waals surface area (Å²) in [4.78, 5) is 14.6. The zero-order valence-electron chi connectivity index (χ0n) is 14.0. The monoisotopic (exact) mass is 375 g/mol. The summed E-state index contributed by atoms with van der Waals surface area (Å²) in [7, 11) is 0. The van der Waals surface area contributed by atoms with Crippen LogP contribution in [0, 0.1) is 0 Å². The summed E-state index contributed by atoms with van der Waals surface area (Å²) in [5.74, 6) is -0.0359. The van der Waals surface area contributed by atoms with Gasteiger partial charge in [0.15, 0.2) is 0 Å². The number of amides is 1. The van der Waals surface area contributed by atoms with Crippen molar-refractivity contribution in [2.24, 2.45) is 0 Å². The van der Waals surface area contributed by atoms with Crippen LogP contribution in [0.5, 0.6) is 0 Å². The minimum absolute atomic E-state index is 0. The smallest absolute Gasteiger partial charge is 0.250 e. The van der Waals surface area contributed by atoms with Gasteiger partial charge in [0.2, 0.25) is 0 Å². The first-order valence-electron chi connectivity index (χ1n) is 8.21. The summed E-state index contributed by atoms with van der Waals surface area (Å²) in [6.45, 7) is 6.29. The molecule has 2 fully saturated rings. The molecule has 0 aromatic heterocycles. The van der Waals surface area contributed by atoms with Gasteiger partial charge >= 0.3 is 0 Å². The SMILES string of the molecule is CC(NC(=O)C1CNCCO1)c1cccc(N2CCCC2)c1.Cl.Cl. The highest BCUT2D eigenvalue weighted by Gasteiger charge is 2.23. The first-order valence-corrected chi connectivity index (χ1v) is 8.21. The van der Waals surface area contributed by atoms with Crippen molar-refractivity contribution in [2.75, 3.05) is 37.7 Å². The van der Waals surface area contributed by atoms with Crippen molar-refractivity contribution < 1.29 is 9.53 Å². The maximum Gasteiger partial charge on any atom is 0.250 e. The number of nitrogens with one attached hydrogen (secondary N) is 2. The normalized spacial score (nSPS) is 21.4. The molecule has 3 rings (SSSR count). The van der Waals surface area contributed by atoms with Gasteiger partial charge in [0.1, 0.15) is 6.10 Å². The number of hydrogen-bond donors (Lipinski definition) is 2. The standard InChI is InChI=1S/C17H25N3O2.2ClH/c1-13(19-17(21)16-12-18-7-10-22-16)14-5-4-6-15(11-14)20-8-2-3-9-20;;/h4-6,11,13,16,18H,2-3,7-10,12H2,1H3,(H,19,21);2*1H. The van der Waals surface area contributed by atoms with Crippen molar-refractivity contribution in [1.29, 1.82) is 0 Å². The maximum absolute atomic E-state index is 12.2. The van der Waals surface area contributed by atoms with Gasteiger partial charge in [-0.15, -0.1) is 24.8 Å². The molecule has 24 heavy (non-hydrogen) atoms. The van der Waals surface area contributed by atoms with E-state index in [0.29, 0.717) is 13.2 Å². The van der Waals surface area contributed by atoms with Crippen molar-refractivity contribution in [3.8, 4) is 0 Å². The molecular weight excluding hydrogens is 349 g/mol. The molecule has 2 heterocycles. The second-order valence-corrected chi connectivity index (χ2v) is 6.08. The van der Waals surface area contributed by atoms with E-state index in [1.807, 2.05) is 6.92 Å². The van der Waals surface area contributed by atoms with E-state index in [0.717, 1.165) is 25.2 Å². The van der Waals surface area contributed by atoms with Crippen molar-refractivity contribution in [3.63, 3.8) is 0 Å². The summed E-state index contributed by atoms with van der Waals surface area (Å²) in [6, 6.07) is 8.48. The average Bonchev–Trinajstić information content (AvgIpc) is 3.10. The van der Waals surface area contributed by atoms with Gasteiger partial charge in [0, 0.05) is 31.9 Å².